The van der Waals surface area contributed by atoms with Gasteiger partial charge in [0.2, 0.25) is 0 Å². The van der Waals surface area contributed by atoms with Crippen LogP contribution in [0, 0.1) is 0 Å². The van der Waals surface area contributed by atoms with Crippen LogP contribution in [0.1, 0.15) is 0 Å². The molecular weight excluding hydrogens is 242 g/mol. The molecule has 1 atom stereocenters. The van der Waals surface area contributed by atoms with Crippen molar-refractivity contribution in [3.8, 4) is 11.4 Å². The molecule has 0 aliphatic carbocycles. The Bertz CT molecular complexity index is 510. The molecule has 1 fully saturated rings. The van der Waals surface area contributed by atoms with Gasteiger partial charge in [0.15, 0.2) is 5.82 Å². The Kier molecular flexibility index (Phi) is 3.43. The van der Waals surface area contributed by atoms with Crippen LogP contribution >= 0.6 is 0 Å². The van der Waals surface area contributed by atoms with Gasteiger partial charge in [0, 0.05) is 25.8 Å². The largest absolute Gasteiger partial charge is 0.373 e. The minimum absolute atomic E-state index is 0.0821. The van der Waals surface area contributed by atoms with Crippen molar-refractivity contribution >= 4 is 5.82 Å². The van der Waals surface area contributed by atoms with Crippen LogP contribution in [-0.2, 0) is 4.74 Å². The van der Waals surface area contributed by atoms with Crippen LogP contribution in [0.4, 0.5) is 5.82 Å². The molecule has 0 spiro atoms. The number of rotatable bonds is 3. The second-order valence-corrected chi connectivity index (χ2v) is 4.54. The molecule has 0 saturated carbocycles. The molecule has 1 aliphatic heterocycles. The lowest BCUT2D eigenvalue weighted by Crippen LogP contribution is -2.46. The summed E-state index contributed by atoms with van der Waals surface area (Å²) in [6, 6.07) is 7.88. The lowest BCUT2D eigenvalue weighted by molar-refractivity contribution is 0.0462. The van der Waals surface area contributed by atoms with Gasteiger partial charge in [-0.15, -0.1) is 10.2 Å². The Hall–Kier alpha value is -1.92. The number of hydrogen-bond acceptors (Lipinski definition) is 5. The first kappa shape index (κ1) is 12.1. The van der Waals surface area contributed by atoms with Crippen LogP contribution in [0.25, 0.3) is 11.4 Å². The Morgan fingerprint density at radius 1 is 1.37 bits per heavy atom. The van der Waals surface area contributed by atoms with Crippen molar-refractivity contribution in [3.63, 3.8) is 0 Å². The van der Waals surface area contributed by atoms with Crippen molar-refractivity contribution in [2.24, 2.45) is 5.73 Å². The van der Waals surface area contributed by atoms with Crippen molar-refractivity contribution in [1.29, 1.82) is 0 Å². The van der Waals surface area contributed by atoms with Crippen LogP contribution in [0.2, 0.25) is 0 Å². The van der Waals surface area contributed by atoms with Gasteiger partial charge < -0.3 is 20.4 Å². The Labute approximate surface area is 111 Å². The summed E-state index contributed by atoms with van der Waals surface area (Å²) in [7, 11) is 0. The summed E-state index contributed by atoms with van der Waals surface area (Å²) in [5.41, 5.74) is 7.46. The molecule has 1 unspecified atom stereocenters. The van der Waals surface area contributed by atoms with Gasteiger partial charge >= 0.3 is 0 Å². The number of hydrogen-bond donors (Lipinski definition) is 2. The fourth-order valence-electron chi connectivity index (χ4n) is 2.20. The normalized spacial score (nSPS) is 19.6. The van der Waals surface area contributed by atoms with E-state index < -0.39 is 0 Å². The van der Waals surface area contributed by atoms with E-state index in [0.717, 1.165) is 30.3 Å². The molecular formula is C13H17N5O. The van der Waals surface area contributed by atoms with Gasteiger partial charge in [-0.1, -0.05) is 0 Å². The molecule has 19 heavy (non-hydrogen) atoms. The average molecular weight is 259 g/mol. The van der Waals surface area contributed by atoms with E-state index in [2.05, 4.69) is 20.1 Å². The molecule has 1 saturated heterocycles. The summed E-state index contributed by atoms with van der Waals surface area (Å²) in [5, 5.41) is 8.54. The first-order valence-electron chi connectivity index (χ1n) is 6.41. The fourth-order valence-corrected chi connectivity index (χ4v) is 2.20. The predicted molar refractivity (Wildman–Crippen MR) is 72.8 cm³/mol. The molecule has 3 rings (SSSR count). The summed E-state index contributed by atoms with van der Waals surface area (Å²) < 4.78 is 5.54. The highest BCUT2D eigenvalue weighted by atomic mass is 16.5. The standard InChI is InChI=1S/C13H17N5O/c14-8-10-9-18(6-7-19-10)13-4-3-12(16-17-13)11-2-1-5-15-11/h1-5,10,15H,6-9,14H2. The maximum absolute atomic E-state index is 5.64. The molecule has 0 aromatic carbocycles. The maximum atomic E-state index is 5.64. The first-order valence-corrected chi connectivity index (χ1v) is 6.41. The van der Waals surface area contributed by atoms with Crippen molar-refractivity contribution in [2.75, 3.05) is 31.1 Å². The van der Waals surface area contributed by atoms with E-state index in [1.54, 1.807) is 0 Å². The van der Waals surface area contributed by atoms with Crippen LogP contribution in [-0.4, -0.2) is 47.5 Å². The number of H-pyrrole nitrogens is 1. The fraction of sp³-hybridized carbons (Fsp3) is 0.385. The molecule has 1 aliphatic rings. The lowest BCUT2D eigenvalue weighted by atomic mass is 10.2. The number of ether oxygens (including phenoxy) is 1. The van der Waals surface area contributed by atoms with Crippen LogP contribution in [0.5, 0.6) is 0 Å². The highest BCUT2D eigenvalue weighted by Gasteiger charge is 2.20. The number of aromatic nitrogens is 3. The number of aromatic amines is 1. The van der Waals surface area contributed by atoms with Crippen molar-refractivity contribution in [3.05, 3.63) is 30.5 Å². The van der Waals surface area contributed by atoms with Gasteiger partial charge in [-0.3, -0.25) is 0 Å². The summed E-state index contributed by atoms with van der Waals surface area (Å²) in [6.45, 7) is 2.81. The zero-order valence-corrected chi connectivity index (χ0v) is 10.6. The summed E-state index contributed by atoms with van der Waals surface area (Å²) in [6.07, 6.45) is 1.96. The van der Waals surface area contributed by atoms with Crippen molar-refractivity contribution < 1.29 is 4.74 Å². The number of nitrogens with one attached hydrogen (secondary N) is 1. The van der Waals surface area contributed by atoms with Gasteiger partial charge in [0.05, 0.1) is 18.4 Å². The topological polar surface area (TPSA) is 80.1 Å². The van der Waals surface area contributed by atoms with E-state index in [1.165, 1.54) is 0 Å². The highest BCUT2D eigenvalue weighted by molar-refractivity contribution is 5.55. The molecule has 2 aromatic heterocycles. The SMILES string of the molecule is NCC1CN(c2ccc(-c3ccc[nH]3)nn2)CCO1. The molecule has 0 bridgehead atoms. The zero-order chi connectivity index (χ0) is 13.1. The molecule has 0 amide bonds. The van der Waals surface area contributed by atoms with Gasteiger partial charge in [-0.2, -0.15) is 0 Å². The number of anilines is 1. The van der Waals surface area contributed by atoms with E-state index in [1.807, 2.05) is 30.5 Å². The molecule has 3 N–H and O–H groups in total. The van der Waals surface area contributed by atoms with E-state index in [-0.39, 0.29) is 6.10 Å². The van der Waals surface area contributed by atoms with E-state index >= 15 is 0 Å². The minimum Gasteiger partial charge on any atom is -0.373 e. The zero-order valence-electron chi connectivity index (χ0n) is 10.6. The number of morpholine rings is 1. The Morgan fingerprint density at radius 2 is 2.32 bits per heavy atom. The van der Waals surface area contributed by atoms with E-state index in [0.29, 0.717) is 13.2 Å². The van der Waals surface area contributed by atoms with Gasteiger partial charge in [-0.05, 0) is 24.3 Å². The summed E-state index contributed by atoms with van der Waals surface area (Å²) in [4.78, 5) is 5.28. The first-order chi connectivity index (χ1) is 9.36. The third kappa shape index (κ3) is 2.59. The third-order valence-corrected chi connectivity index (χ3v) is 3.25. The van der Waals surface area contributed by atoms with Crippen LogP contribution in [0.3, 0.4) is 0 Å². The monoisotopic (exact) mass is 259 g/mol. The van der Waals surface area contributed by atoms with Crippen molar-refractivity contribution in [1.82, 2.24) is 15.2 Å². The second-order valence-electron chi connectivity index (χ2n) is 4.54. The molecule has 0 radical (unpaired) electrons. The van der Waals surface area contributed by atoms with Crippen LogP contribution in [0.15, 0.2) is 30.5 Å². The maximum Gasteiger partial charge on any atom is 0.151 e. The minimum atomic E-state index is 0.0821. The van der Waals surface area contributed by atoms with Crippen LogP contribution < -0.4 is 10.6 Å². The number of nitrogens with zero attached hydrogens (tertiary/aromatic N) is 3. The smallest absolute Gasteiger partial charge is 0.151 e. The molecule has 3 heterocycles. The molecule has 6 heteroatoms. The number of nitrogens with two attached hydrogens (primary N) is 1. The predicted octanol–water partition coefficient (Wildman–Crippen LogP) is 0.636. The van der Waals surface area contributed by atoms with Gasteiger partial charge in [0.25, 0.3) is 0 Å². The lowest BCUT2D eigenvalue weighted by Gasteiger charge is -2.32. The summed E-state index contributed by atoms with van der Waals surface area (Å²) >= 11 is 0. The van der Waals surface area contributed by atoms with Gasteiger partial charge in [0.1, 0.15) is 5.69 Å². The third-order valence-electron chi connectivity index (χ3n) is 3.25. The molecule has 6 nitrogen and oxygen atoms in total. The molecule has 2 aromatic rings. The summed E-state index contributed by atoms with van der Waals surface area (Å²) in [5.74, 6) is 0.872. The van der Waals surface area contributed by atoms with E-state index in [4.69, 9.17) is 10.5 Å². The Morgan fingerprint density at radius 3 is 3.00 bits per heavy atom. The quantitative estimate of drug-likeness (QED) is 0.845. The van der Waals surface area contributed by atoms with E-state index in [9.17, 15) is 0 Å². The van der Waals surface area contributed by atoms with Crippen molar-refractivity contribution in [2.45, 2.75) is 6.10 Å². The second kappa shape index (κ2) is 5.38. The Balaban J connectivity index is 1.75. The average Bonchev–Trinajstić information content (AvgIpc) is 3.02. The highest BCUT2D eigenvalue weighted by Crippen LogP contribution is 2.18. The molecule has 100 valence electrons. The van der Waals surface area contributed by atoms with Gasteiger partial charge in [-0.25, -0.2) is 0 Å².